The molecule has 21 heavy (non-hydrogen) atoms. The first kappa shape index (κ1) is 16.0. The third kappa shape index (κ3) is 3.63. The molecule has 6 heteroatoms. The second kappa shape index (κ2) is 5.77. The molecule has 1 aromatic carbocycles. The maximum atomic E-state index is 12.3. The number of sulfonamides is 1. The van der Waals surface area contributed by atoms with Crippen molar-refractivity contribution in [3.63, 3.8) is 0 Å². The SMILES string of the molecule is CCc1ccc(C(=O)NC2(C)CCCC2)cc1S(N)(=O)=O. The topological polar surface area (TPSA) is 89.3 Å². The summed E-state index contributed by atoms with van der Waals surface area (Å²) < 4.78 is 23.3. The van der Waals surface area contributed by atoms with Crippen LogP contribution in [0.1, 0.15) is 55.5 Å². The molecule has 0 spiro atoms. The summed E-state index contributed by atoms with van der Waals surface area (Å²) in [6, 6.07) is 4.69. The van der Waals surface area contributed by atoms with Crippen molar-refractivity contribution in [2.24, 2.45) is 5.14 Å². The van der Waals surface area contributed by atoms with Crippen molar-refractivity contribution < 1.29 is 13.2 Å². The molecule has 0 radical (unpaired) electrons. The lowest BCUT2D eigenvalue weighted by molar-refractivity contribution is 0.0908. The summed E-state index contributed by atoms with van der Waals surface area (Å²) in [5.74, 6) is -0.244. The van der Waals surface area contributed by atoms with Gasteiger partial charge in [0.05, 0.1) is 4.90 Å². The van der Waals surface area contributed by atoms with Gasteiger partial charge in [-0.3, -0.25) is 4.79 Å². The molecular formula is C15H22N2O3S. The average molecular weight is 310 g/mol. The van der Waals surface area contributed by atoms with Gasteiger partial charge in [-0.1, -0.05) is 25.8 Å². The van der Waals surface area contributed by atoms with E-state index >= 15 is 0 Å². The van der Waals surface area contributed by atoms with Crippen LogP contribution in [0.4, 0.5) is 0 Å². The quantitative estimate of drug-likeness (QED) is 0.891. The number of aryl methyl sites for hydroxylation is 1. The van der Waals surface area contributed by atoms with Crippen molar-refractivity contribution in [2.75, 3.05) is 0 Å². The van der Waals surface area contributed by atoms with Crippen molar-refractivity contribution in [2.45, 2.75) is 56.4 Å². The zero-order valence-electron chi connectivity index (χ0n) is 12.5. The molecule has 0 unspecified atom stereocenters. The van der Waals surface area contributed by atoms with E-state index in [0.29, 0.717) is 17.5 Å². The Morgan fingerprint density at radius 3 is 2.48 bits per heavy atom. The first-order chi connectivity index (χ1) is 9.75. The molecule has 1 amide bonds. The zero-order chi connectivity index (χ0) is 15.7. The highest BCUT2D eigenvalue weighted by molar-refractivity contribution is 7.89. The van der Waals surface area contributed by atoms with Gasteiger partial charge in [0.2, 0.25) is 10.0 Å². The second-order valence-electron chi connectivity index (χ2n) is 5.94. The first-order valence-corrected chi connectivity index (χ1v) is 8.78. The maximum Gasteiger partial charge on any atom is 0.251 e. The molecule has 5 nitrogen and oxygen atoms in total. The van der Waals surface area contributed by atoms with E-state index in [2.05, 4.69) is 5.32 Å². The monoisotopic (exact) mass is 310 g/mol. The van der Waals surface area contributed by atoms with Crippen LogP contribution in [0.5, 0.6) is 0 Å². The third-order valence-corrected chi connectivity index (χ3v) is 5.13. The van der Waals surface area contributed by atoms with Gasteiger partial charge in [0.1, 0.15) is 0 Å². The van der Waals surface area contributed by atoms with Crippen LogP contribution in [-0.2, 0) is 16.4 Å². The van der Waals surface area contributed by atoms with Gasteiger partial charge in [0, 0.05) is 11.1 Å². The minimum absolute atomic E-state index is 0.0363. The van der Waals surface area contributed by atoms with Crippen LogP contribution in [0.15, 0.2) is 23.1 Å². The predicted octanol–water partition coefficient (Wildman–Crippen LogP) is 1.96. The number of nitrogens with one attached hydrogen (secondary N) is 1. The Bertz CT molecular complexity index is 647. The molecule has 0 atom stereocenters. The predicted molar refractivity (Wildman–Crippen MR) is 81.5 cm³/mol. The number of rotatable bonds is 4. The number of primary sulfonamides is 1. The summed E-state index contributed by atoms with van der Waals surface area (Å²) >= 11 is 0. The molecular weight excluding hydrogens is 288 g/mol. The van der Waals surface area contributed by atoms with Gasteiger partial charge < -0.3 is 5.32 Å². The fourth-order valence-corrected chi connectivity index (χ4v) is 3.75. The van der Waals surface area contributed by atoms with Crippen LogP contribution < -0.4 is 10.5 Å². The van der Waals surface area contributed by atoms with E-state index in [-0.39, 0.29) is 16.3 Å². The van der Waals surface area contributed by atoms with Crippen molar-refractivity contribution in [3.05, 3.63) is 29.3 Å². The maximum absolute atomic E-state index is 12.3. The van der Waals surface area contributed by atoms with Gasteiger partial charge in [0.25, 0.3) is 5.91 Å². The molecule has 1 aliphatic carbocycles. The van der Waals surface area contributed by atoms with Gasteiger partial charge in [-0.05, 0) is 43.9 Å². The third-order valence-electron chi connectivity index (χ3n) is 4.14. The number of amides is 1. The minimum atomic E-state index is -3.82. The normalized spacial score (nSPS) is 17.7. The van der Waals surface area contributed by atoms with Gasteiger partial charge in [-0.2, -0.15) is 0 Å². The van der Waals surface area contributed by atoms with Crippen LogP contribution in [-0.4, -0.2) is 19.9 Å². The van der Waals surface area contributed by atoms with Crippen molar-refractivity contribution in [1.29, 1.82) is 0 Å². The van der Waals surface area contributed by atoms with Gasteiger partial charge >= 0.3 is 0 Å². The van der Waals surface area contributed by atoms with Crippen LogP contribution in [0.3, 0.4) is 0 Å². The Morgan fingerprint density at radius 1 is 1.33 bits per heavy atom. The summed E-state index contributed by atoms with van der Waals surface area (Å²) in [5.41, 5.74) is 0.771. The smallest absolute Gasteiger partial charge is 0.251 e. The summed E-state index contributed by atoms with van der Waals surface area (Å²) in [7, 11) is -3.82. The van der Waals surface area contributed by atoms with Crippen molar-refractivity contribution >= 4 is 15.9 Å². The molecule has 116 valence electrons. The van der Waals surface area contributed by atoms with E-state index in [4.69, 9.17) is 5.14 Å². The second-order valence-corrected chi connectivity index (χ2v) is 7.47. The lowest BCUT2D eigenvalue weighted by Crippen LogP contribution is -2.43. The number of carbonyl (C=O) groups is 1. The lowest BCUT2D eigenvalue weighted by Gasteiger charge is -2.25. The molecule has 1 aromatic rings. The number of hydrogen-bond donors (Lipinski definition) is 2. The van der Waals surface area contributed by atoms with Crippen molar-refractivity contribution in [1.82, 2.24) is 5.32 Å². The van der Waals surface area contributed by atoms with Crippen molar-refractivity contribution in [3.8, 4) is 0 Å². The van der Waals surface area contributed by atoms with Gasteiger partial charge in [0.15, 0.2) is 0 Å². The molecule has 2 rings (SSSR count). The van der Waals surface area contributed by atoms with Crippen LogP contribution in [0.25, 0.3) is 0 Å². The first-order valence-electron chi connectivity index (χ1n) is 7.23. The molecule has 0 saturated heterocycles. The molecule has 0 aromatic heterocycles. The Morgan fingerprint density at radius 2 is 1.95 bits per heavy atom. The largest absolute Gasteiger partial charge is 0.347 e. The average Bonchev–Trinajstić information content (AvgIpc) is 2.83. The van der Waals surface area contributed by atoms with Gasteiger partial charge in [-0.15, -0.1) is 0 Å². The molecule has 0 bridgehead atoms. The number of nitrogens with two attached hydrogens (primary N) is 1. The molecule has 1 saturated carbocycles. The Hall–Kier alpha value is -1.40. The van der Waals surface area contributed by atoms with E-state index in [1.807, 2.05) is 13.8 Å². The highest BCUT2D eigenvalue weighted by Gasteiger charge is 2.30. The van der Waals surface area contributed by atoms with E-state index in [1.165, 1.54) is 6.07 Å². The van der Waals surface area contributed by atoms with E-state index in [1.54, 1.807) is 12.1 Å². The Labute approximate surface area is 126 Å². The molecule has 1 aliphatic rings. The Balaban J connectivity index is 2.30. The highest BCUT2D eigenvalue weighted by Crippen LogP contribution is 2.29. The summed E-state index contributed by atoms with van der Waals surface area (Å²) in [5, 5.41) is 8.25. The molecule has 3 N–H and O–H groups in total. The summed E-state index contributed by atoms with van der Waals surface area (Å²) in [6.07, 6.45) is 4.66. The Kier molecular flexibility index (Phi) is 4.39. The fraction of sp³-hybridized carbons (Fsp3) is 0.533. The van der Waals surface area contributed by atoms with Crippen LogP contribution >= 0.6 is 0 Å². The number of hydrogen-bond acceptors (Lipinski definition) is 3. The highest BCUT2D eigenvalue weighted by atomic mass is 32.2. The van der Waals surface area contributed by atoms with Gasteiger partial charge in [-0.25, -0.2) is 13.6 Å². The molecule has 0 heterocycles. The number of benzene rings is 1. The fourth-order valence-electron chi connectivity index (χ4n) is 2.88. The van der Waals surface area contributed by atoms with E-state index < -0.39 is 10.0 Å². The molecule has 1 fully saturated rings. The summed E-state index contributed by atoms with van der Waals surface area (Å²) in [6.45, 7) is 3.88. The van der Waals surface area contributed by atoms with E-state index in [0.717, 1.165) is 25.7 Å². The minimum Gasteiger partial charge on any atom is -0.347 e. The standard InChI is InChI=1S/C15H22N2O3S/c1-3-11-6-7-12(10-13(11)21(16,19)20)14(18)17-15(2)8-4-5-9-15/h6-7,10H,3-5,8-9H2,1-2H3,(H,17,18)(H2,16,19,20). The molecule has 0 aliphatic heterocycles. The lowest BCUT2D eigenvalue weighted by atomic mass is 9.99. The van der Waals surface area contributed by atoms with Crippen LogP contribution in [0.2, 0.25) is 0 Å². The summed E-state index contributed by atoms with van der Waals surface area (Å²) in [4.78, 5) is 12.4. The number of carbonyl (C=O) groups excluding carboxylic acids is 1. The van der Waals surface area contributed by atoms with E-state index in [9.17, 15) is 13.2 Å². The zero-order valence-corrected chi connectivity index (χ0v) is 13.3. The van der Waals surface area contributed by atoms with Crippen LogP contribution in [0, 0.1) is 0 Å².